The number of anilines is 2. The molecule has 1 aliphatic heterocycles. The average molecular weight is 264 g/mol. The topological polar surface area (TPSA) is 52.5 Å². The maximum atomic E-state index is 8.91. The van der Waals surface area contributed by atoms with Crippen LogP contribution in [0.1, 0.15) is 31.4 Å². The first-order valence-electron chi connectivity index (χ1n) is 7.13. The van der Waals surface area contributed by atoms with Crippen molar-refractivity contribution in [1.29, 1.82) is 0 Å². The molecule has 0 aliphatic carbocycles. The predicted octanol–water partition coefficient (Wildman–Crippen LogP) is 1.59. The molecule has 0 bridgehead atoms. The lowest BCUT2D eigenvalue weighted by Gasteiger charge is -2.28. The molecule has 1 aliphatic rings. The fourth-order valence-corrected chi connectivity index (χ4v) is 2.39. The first kappa shape index (κ1) is 14.1. The van der Waals surface area contributed by atoms with Gasteiger partial charge in [-0.1, -0.05) is 0 Å². The summed E-state index contributed by atoms with van der Waals surface area (Å²) in [6.45, 7) is 5.16. The molecule has 0 amide bonds. The highest BCUT2D eigenvalue weighted by atomic mass is 16.3. The zero-order valence-electron chi connectivity index (χ0n) is 12.0. The first-order chi connectivity index (χ1) is 9.20. The summed E-state index contributed by atoms with van der Waals surface area (Å²) in [5, 5.41) is 8.91. The van der Waals surface area contributed by atoms with Crippen molar-refractivity contribution in [3.8, 4) is 0 Å². The maximum Gasteiger partial charge on any atom is 0.227 e. The maximum absolute atomic E-state index is 8.91. The average Bonchev–Trinajstić information content (AvgIpc) is 2.45. The van der Waals surface area contributed by atoms with Gasteiger partial charge in [-0.3, -0.25) is 0 Å². The van der Waals surface area contributed by atoms with Crippen LogP contribution in [-0.2, 0) is 0 Å². The highest BCUT2D eigenvalue weighted by Gasteiger charge is 2.15. The Morgan fingerprint density at radius 1 is 1.26 bits per heavy atom. The summed E-state index contributed by atoms with van der Waals surface area (Å²) in [4.78, 5) is 13.6. The van der Waals surface area contributed by atoms with Crippen LogP contribution in [0.25, 0.3) is 0 Å². The van der Waals surface area contributed by atoms with Gasteiger partial charge in [0.05, 0.1) is 0 Å². The molecule has 106 valence electrons. The lowest BCUT2D eigenvalue weighted by molar-refractivity contribution is 0.290. The van der Waals surface area contributed by atoms with Gasteiger partial charge in [-0.05, 0) is 32.6 Å². The predicted molar refractivity (Wildman–Crippen MR) is 77.8 cm³/mol. The fraction of sp³-hybridized carbons (Fsp3) is 0.714. The Kier molecular flexibility index (Phi) is 4.96. The van der Waals surface area contributed by atoms with Crippen LogP contribution in [0.4, 0.5) is 11.8 Å². The van der Waals surface area contributed by atoms with Crippen LogP contribution in [0.2, 0.25) is 0 Å². The molecule has 1 saturated heterocycles. The summed E-state index contributed by atoms with van der Waals surface area (Å²) in [5.41, 5.74) is 1.00. The van der Waals surface area contributed by atoms with Gasteiger partial charge in [-0.15, -0.1) is 0 Å². The number of aromatic nitrogens is 2. The largest absolute Gasteiger partial charge is 0.396 e. The van der Waals surface area contributed by atoms with E-state index in [0.717, 1.165) is 43.5 Å². The third kappa shape index (κ3) is 3.80. The van der Waals surface area contributed by atoms with E-state index in [0.29, 0.717) is 0 Å². The second-order valence-corrected chi connectivity index (χ2v) is 5.21. The smallest absolute Gasteiger partial charge is 0.227 e. The highest BCUT2D eigenvalue weighted by molar-refractivity contribution is 5.45. The number of hydrogen-bond donors (Lipinski definition) is 1. The number of hydrogen-bond acceptors (Lipinski definition) is 5. The second-order valence-electron chi connectivity index (χ2n) is 5.21. The van der Waals surface area contributed by atoms with E-state index in [-0.39, 0.29) is 6.61 Å². The van der Waals surface area contributed by atoms with Crippen molar-refractivity contribution < 1.29 is 5.11 Å². The van der Waals surface area contributed by atoms with E-state index < -0.39 is 0 Å². The van der Waals surface area contributed by atoms with E-state index >= 15 is 0 Å². The molecule has 0 unspecified atom stereocenters. The van der Waals surface area contributed by atoms with Crippen molar-refractivity contribution in [3.63, 3.8) is 0 Å². The van der Waals surface area contributed by atoms with Crippen molar-refractivity contribution in [2.24, 2.45) is 0 Å². The lowest BCUT2D eigenvalue weighted by atomic mass is 10.1. The first-order valence-corrected chi connectivity index (χ1v) is 7.13. The van der Waals surface area contributed by atoms with E-state index in [1.807, 2.05) is 20.0 Å². The molecule has 5 nitrogen and oxygen atoms in total. The van der Waals surface area contributed by atoms with Gasteiger partial charge in [0.1, 0.15) is 5.82 Å². The Labute approximate surface area is 115 Å². The van der Waals surface area contributed by atoms with Gasteiger partial charge in [-0.2, -0.15) is 4.98 Å². The fourth-order valence-electron chi connectivity index (χ4n) is 2.39. The van der Waals surface area contributed by atoms with E-state index in [1.165, 1.54) is 19.3 Å². The molecule has 0 saturated carbocycles. The molecular formula is C14H24N4O. The summed E-state index contributed by atoms with van der Waals surface area (Å²) < 4.78 is 0. The Hall–Kier alpha value is -1.36. The second kappa shape index (κ2) is 6.70. The summed E-state index contributed by atoms with van der Waals surface area (Å²) in [5.74, 6) is 1.80. The molecule has 5 heteroatoms. The normalized spacial score (nSPS) is 15.6. The standard InChI is InChI=1S/C14H24N4O/c1-12-11-13(17(2)7-6-10-19)16-14(15-12)18-8-4-3-5-9-18/h11,19H,3-10H2,1-2H3. The molecule has 1 aromatic rings. The van der Waals surface area contributed by atoms with Crippen molar-refractivity contribution in [3.05, 3.63) is 11.8 Å². The van der Waals surface area contributed by atoms with Crippen molar-refractivity contribution in [2.45, 2.75) is 32.6 Å². The van der Waals surface area contributed by atoms with Crippen LogP contribution in [0.3, 0.4) is 0 Å². The number of aliphatic hydroxyl groups excluding tert-OH is 1. The highest BCUT2D eigenvalue weighted by Crippen LogP contribution is 2.20. The van der Waals surface area contributed by atoms with E-state index in [4.69, 9.17) is 5.11 Å². The zero-order chi connectivity index (χ0) is 13.7. The van der Waals surface area contributed by atoms with E-state index in [9.17, 15) is 0 Å². The Morgan fingerprint density at radius 3 is 2.68 bits per heavy atom. The van der Waals surface area contributed by atoms with E-state index in [2.05, 4.69) is 19.8 Å². The van der Waals surface area contributed by atoms with Crippen molar-refractivity contribution in [1.82, 2.24) is 9.97 Å². The minimum absolute atomic E-state index is 0.216. The minimum atomic E-state index is 0.216. The van der Waals surface area contributed by atoms with Gasteiger partial charge < -0.3 is 14.9 Å². The quantitative estimate of drug-likeness (QED) is 0.875. The monoisotopic (exact) mass is 264 g/mol. The number of aliphatic hydroxyl groups is 1. The lowest BCUT2D eigenvalue weighted by Crippen LogP contribution is -2.32. The summed E-state index contributed by atoms with van der Waals surface area (Å²) in [6.07, 6.45) is 4.53. The van der Waals surface area contributed by atoms with Gasteiger partial charge in [0.2, 0.25) is 5.95 Å². The minimum Gasteiger partial charge on any atom is -0.396 e. The Bertz CT molecular complexity index is 404. The SMILES string of the molecule is Cc1cc(N(C)CCCO)nc(N2CCCCC2)n1. The molecule has 19 heavy (non-hydrogen) atoms. The zero-order valence-corrected chi connectivity index (χ0v) is 12.0. The van der Waals surface area contributed by atoms with Gasteiger partial charge in [0, 0.05) is 45.0 Å². The molecule has 1 N–H and O–H groups in total. The number of nitrogens with zero attached hydrogens (tertiary/aromatic N) is 4. The van der Waals surface area contributed by atoms with Crippen molar-refractivity contribution >= 4 is 11.8 Å². The Morgan fingerprint density at radius 2 is 2.00 bits per heavy atom. The summed E-state index contributed by atoms with van der Waals surface area (Å²) >= 11 is 0. The number of rotatable bonds is 5. The number of aryl methyl sites for hydroxylation is 1. The number of piperidine rings is 1. The van der Waals surface area contributed by atoms with Gasteiger partial charge in [-0.25, -0.2) is 4.98 Å². The summed E-state index contributed by atoms with van der Waals surface area (Å²) in [6, 6.07) is 2.00. The third-order valence-corrected chi connectivity index (χ3v) is 3.51. The van der Waals surface area contributed by atoms with Gasteiger partial charge in [0.25, 0.3) is 0 Å². The van der Waals surface area contributed by atoms with Crippen LogP contribution in [0.5, 0.6) is 0 Å². The van der Waals surface area contributed by atoms with Crippen LogP contribution < -0.4 is 9.80 Å². The molecule has 0 spiro atoms. The van der Waals surface area contributed by atoms with E-state index in [1.54, 1.807) is 0 Å². The van der Waals surface area contributed by atoms with Crippen LogP contribution in [-0.4, -0.2) is 48.4 Å². The van der Waals surface area contributed by atoms with Gasteiger partial charge >= 0.3 is 0 Å². The molecule has 0 atom stereocenters. The third-order valence-electron chi connectivity index (χ3n) is 3.51. The Balaban J connectivity index is 2.13. The summed E-state index contributed by atoms with van der Waals surface area (Å²) in [7, 11) is 2.01. The van der Waals surface area contributed by atoms with Crippen molar-refractivity contribution in [2.75, 3.05) is 43.1 Å². The molecule has 0 aromatic carbocycles. The van der Waals surface area contributed by atoms with Gasteiger partial charge in [0.15, 0.2) is 0 Å². The molecule has 2 heterocycles. The van der Waals surface area contributed by atoms with Crippen LogP contribution in [0.15, 0.2) is 6.07 Å². The molecular weight excluding hydrogens is 240 g/mol. The molecule has 1 fully saturated rings. The molecule has 1 aromatic heterocycles. The van der Waals surface area contributed by atoms with Crippen LogP contribution in [0, 0.1) is 6.92 Å². The molecule has 0 radical (unpaired) electrons. The molecule has 2 rings (SSSR count). The van der Waals surface area contributed by atoms with Crippen LogP contribution >= 0.6 is 0 Å².